The van der Waals surface area contributed by atoms with Gasteiger partial charge in [0, 0.05) is 37.5 Å². The van der Waals surface area contributed by atoms with Gasteiger partial charge in [0.25, 0.3) is 0 Å². The van der Waals surface area contributed by atoms with Crippen LogP contribution in [0.5, 0.6) is 0 Å². The van der Waals surface area contributed by atoms with E-state index in [4.69, 9.17) is 4.99 Å². The third kappa shape index (κ3) is 3.63. The van der Waals surface area contributed by atoms with Crippen molar-refractivity contribution >= 4 is 22.7 Å². The summed E-state index contributed by atoms with van der Waals surface area (Å²) in [7, 11) is 4.22. The highest BCUT2D eigenvalue weighted by atomic mass is 15.1. The Kier molecular flexibility index (Phi) is 5.10. The Hall–Kier alpha value is -3.13. The van der Waals surface area contributed by atoms with E-state index in [9.17, 15) is 0 Å². The van der Waals surface area contributed by atoms with Gasteiger partial charge in [-0.25, -0.2) is 0 Å². The second kappa shape index (κ2) is 7.71. The minimum absolute atomic E-state index is 0.247. The molecular formula is C27H28N2. The van der Waals surface area contributed by atoms with Gasteiger partial charge in [-0.15, -0.1) is 0 Å². The number of rotatable bonds is 4. The van der Waals surface area contributed by atoms with Crippen molar-refractivity contribution in [1.82, 2.24) is 4.90 Å². The number of aryl methyl sites for hydroxylation is 3. The highest BCUT2D eigenvalue weighted by Crippen LogP contribution is 2.36. The maximum atomic E-state index is 4.99. The minimum Gasteiger partial charge on any atom is -0.380 e. The molecule has 146 valence electrons. The molecule has 3 aromatic carbocycles. The molecule has 0 spiro atoms. The van der Waals surface area contributed by atoms with E-state index in [0.717, 1.165) is 5.69 Å². The molecule has 1 unspecified atom stereocenters. The van der Waals surface area contributed by atoms with E-state index in [1.807, 2.05) is 0 Å². The SMILES string of the molecule is Cc1cc(C)c(N=Cc2c(C3C=CC=C3N(C)C)ccc3ccccc23)c(C)c1. The fourth-order valence-corrected chi connectivity index (χ4v) is 4.39. The van der Waals surface area contributed by atoms with Gasteiger partial charge < -0.3 is 4.90 Å². The summed E-state index contributed by atoms with van der Waals surface area (Å²) in [6, 6.07) is 17.5. The van der Waals surface area contributed by atoms with E-state index in [0.29, 0.717) is 0 Å². The first kappa shape index (κ1) is 19.2. The molecule has 1 aliphatic rings. The second-order valence-corrected chi connectivity index (χ2v) is 8.14. The quantitative estimate of drug-likeness (QED) is 0.465. The first-order chi connectivity index (χ1) is 14.0. The van der Waals surface area contributed by atoms with Crippen LogP contribution in [0.1, 0.15) is 33.7 Å². The predicted molar refractivity (Wildman–Crippen MR) is 126 cm³/mol. The molecule has 0 radical (unpaired) electrons. The van der Waals surface area contributed by atoms with E-state index in [2.05, 4.69) is 113 Å². The van der Waals surface area contributed by atoms with Gasteiger partial charge in [-0.2, -0.15) is 0 Å². The summed E-state index contributed by atoms with van der Waals surface area (Å²) in [5, 5.41) is 2.49. The number of allylic oxidation sites excluding steroid dienone is 3. The lowest BCUT2D eigenvalue weighted by molar-refractivity contribution is 0.487. The lowest BCUT2D eigenvalue weighted by Gasteiger charge is -2.23. The molecule has 1 atom stereocenters. The van der Waals surface area contributed by atoms with Gasteiger partial charge in [-0.1, -0.05) is 66.2 Å². The Morgan fingerprint density at radius 2 is 1.66 bits per heavy atom. The standard InChI is InChI=1S/C27H28N2/c1-18-15-19(2)27(20(3)16-18)28-17-25-22-10-7-6-9-21(22)13-14-23(25)24-11-8-12-26(24)29(4)5/h6-17,24H,1-5H3. The zero-order valence-electron chi connectivity index (χ0n) is 17.9. The Labute approximate surface area is 173 Å². The summed E-state index contributed by atoms with van der Waals surface area (Å²) in [4.78, 5) is 7.19. The van der Waals surface area contributed by atoms with E-state index in [1.54, 1.807) is 0 Å². The summed E-state index contributed by atoms with van der Waals surface area (Å²) in [6.45, 7) is 6.42. The van der Waals surface area contributed by atoms with Crippen LogP contribution in [0.4, 0.5) is 5.69 Å². The molecule has 4 rings (SSSR count). The molecule has 3 aromatic rings. The van der Waals surface area contributed by atoms with E-state index in [-0.39, 0.29) is 5.92 Å². The number of benzene rings is 3. The van der Waals surface area contributed by atoms with E-state index < -0.39 is 0 Å². The van der Waals surface area contributed by atoms with Crippen LogP contribution in [-0.4, -0.2) is 25.2 Å². The third-order valence-electron chi connectivity index (χ3n) is 5.70. The lowest BCUT2D eigenvalue weighted by Crippen LogP contribution is -2.16. The monoisotopic (exact) mass is 380 g/mol. The van der Waals surface area contributed by atoms with Crippen LogP contribution in [0, 0.1) is 20.8 Å². The second-order valence-electron chi connectivity index (χ2n) is 8.14. The van der Waals surface area contributed by atoms with Crippen LogP contribution in [0.25, 0.3) is 10.8 Å². The molecule has 0 aliphatic heterocycles. The fourth-order valence-electron chi connectivity index (χ4n) is 4.39. The summed E-state index contributed by atoms with van der Waals surface area (Å²) in [5.74, 6) is 0.247. The average molecular weight is 381 g/mol. The molecule has 29 heavy (non-hydrogen) atoms. The molecule has 2 nitrogen and oxygen atoms in total. The zero-order chi connectivity index (χ0) is 20.5. The van der Waals surface area contributed by atoms with Gasteiger partial charge in [-0.05, 0) is 54.3 Å². The van der Waals surface area contributed by atoms with Crippen LogP contribution < -0.4 is 0 Å². The molecule has 0 N–H and O–H groups in total. The molecule has 0 saturated heterocycles. The highest BCUT2D eigenvalue weighted by Gasteiger charge is 2.22. The predicted octanol–water partition coefficient (Wildman–Crippen LogP) is 6.61. The van der Waals surface area contributed by atoms with Crippen LogP contribution in [0.3, 0.4) is 0 Å². The molecule has 2 heteroatoms. The largest absolute Gasteiger partial charge is 0.380 e. The van der Waals surface area contributed by atoms with Crippen molar-refractivity contribution in [3.8, 4) is 0 Å². The van der Waals surface area contributed by atoms with E-state index in [1.165, 1.54) is 44.3 Å². The smallest absolute Gasteiger partial charge is 0.0688 e. The van der Waals surface area contributed by atoms with Gasteiger partial charge in [0.1, 0.15) is 0 Å². The van der Waals surface area contributed by atoms with Crippen molar-refractivity contribution in [2.75, 3.05) is 14.1 Å². The van der Waals surface area contributed by atoms with Crippen molar-refractivity contribution in [2.45, 2.75) is 26.7 Å². The summed E-state index contributed by atoms with van der Waals surface area (Å²) < 4.78 is 0. The summed E-state index contributed by atoms with van der Waals surface area (Å²) >= 11 is 0. The van der Waals surface area contributed by atoms with Gasteiger partial charge >= 0.3 is 0 Å². The molecule has 0 aromatic heterocycles. The van der Waals surface area contributed by atoms with Crippen LogP contribution in [-0.2, 0) is 0 Å². The van der Waals surface area contributed by atoms with Gasteiger partial charge in [-0.3, -0.25) is 4.99 Å². The minimum atomic E-state index is 0.247. The van der Waals surface area contributed by atoms with Crippen molar-refractivity contribution in [1.29, 1.82) is 0 Å². The Bertz CT molecular complexity index is 1140. The van der Waals surface area contributed by atoms with Gasteiger partial charge in [0.2, 0.25) is 0 Å². The van der Waals surface area contributed by atoms with Crippen LogP contribution in [0.15, 0.2) is 77.4 Å². The van der Waals surface area contributed by atoms with E-state index >= 15 is 0 Å². The number of hydrogen-bond acceptors (Lipinski definition) is 2. The Balaban J connectivity index is 1.89. The third-order valence-corrected chi connectivity index (χ3v) is 5.70. The van der Waals surface area contributed by atoms with Crippen molar-refractivity contribution < 1.29 is 0 Å². The first-order valence-corrected chi connectivity index (χ1v) is 10.1. The summed E-state index contributed by atoms with van der Waals surface area (Å²) in [5.41, 5.74) is 8.58. The number of likely N-dealkylation sites (N-methyl/N-ethyl adjacent to an activating group) is 1. The molecule has 0 bridgehead atoms. The molecular weight excluding hydrogens is 352 g/mol. The molecule has 0 fully saturated rings. The highest BCUT2D eigenvalue weighted by molar-refractivity contribution is 6.02. The molecule has 1 aliphatic carbocycles. The van der Waals surface area contributed by atoms with Crippen LogP contribution in [0.2, 0.25) is 0 Å². The lowest BCUT2D eigenvalue weighted by atomic mass is 9.89. The number of fused-ring (bicyclic) bond motifs is 1. The number of aliphatic imine (C=N–C) groups is 1. The molecule has 0 saturated carbocycles. The normalized spacial score (nSPS) is 16.0. The zero-order valence-corrected chi connectivity index (χ0v) is 17.9. The first-order valence-electron chi connectivity index (χ1n) is 10.1. The van der Waals surface area contributed by atoms with Crippen molar-refractivity contribution in [2.24, 2.45) is 4.99 Å². The average Bonchev–Trinajstić information content (AvgIpc) is 3.17. The number of nitrogens with zero attached hydrogens (tertiary/aromatic N) is 2. The van der Waals surface area contributed by atoms with Crippen molar-refractivity contribution in [3.63, 3.8) is 0 Å². The maximum Gasteiger partial charge on any atom is 0.0688 e. The number of hydrogen-bond donors (Lipinski definition) is 0. The molecule has 0 amide bonds. The fraction of sp³-hybridized carbons (Fsp3) is 0.222. The Morgan fingerprint density at radius 3 is 2.38 bits per heavy atom. The van der Waals surface area contributed by atoms with Gasteiger partial charge in [0.15, 0.2) is 0 Å². The van der Waals surface area contributed by atoms with Crippen LogP contribution >= 0.6 is 0 Å². The maximum absolute atomic E-state index is 4.99. The molecule has 0 heterocycles. The summed E-state index contributed by atoms with van der Waals surface area (Å²) in [6.07, 6.45) is 8.71. The van der Waals surface area contributed by atoms with Crippen molar-refractivity contribution in [3.05, 3.63) is 100 Å². The Morgan fingerprint density at radius 1 is 0.931 bits per heavy atom. The van der Waals surface area contributed by atoms with Gasteiger partial charge in [0.05, 0.1) is 5.69 Å². The topological polar surface area (TPSA) is 15.6 Å².